The van der Waals surface area contributed by atoms with Gasteiger partial charge in [-0.05, 0) is 65.6 Å². The largest absolute Gasteiger partial charge is 0.326 e. The van der Waals surface area contributed by atoms with E-state index in [1.54, 1.807) is 0 Å². The molecule has 3 unspecified atom stereocenters. The highest BCUT2D eigenvalue weighted by atomic mass is 15.2. The van der Waals surface area contributed by atoms with Crippen LogP contribution in [-0.2, 0) is 0 Å². The molecule has 2 aliphatic rings. The number of hydrogen-bond donors (Lipinski definition) is 1. The maximum Gasteiger partial charge on any atom is 0.0330 e. The molecule has 2 rings (SSSR count). The molecular formula is C17H35N3. The fraction of sp³-hybridized carbons (Fsp3) is 1.00. The van der Waals surface area contributed by atoms with E-state index in [2.05, 4.69) is 37.9 Å². The van der Waals surface area contributed by atoms with Crippen molar-refractivity contribution >= 4 is 0 Å². The summed E-state index contributed by atoms with van der Waals surface area (Å²) in [5.74, 6) is 0.906. The van der Waals surface area contributed by atoms with E-state index in [4.69, 9.17) is 5.73 Å². The van der Waals surface area contributed by atoms with E-state index in [0.29, 0.717) is 17.6 Å². The Labute approximate surface area is 125 Å². The Hall–Kier alpha value is -0.120. The van der Waals surface area contributed by atoms with Gasteiger partial charge in [-0.3, -0.25) is 0 Å². The van der Waals surface area contributed by atoms with E-state index in [1.807, 2.05) is 0 Å². The highest BCUT2D eigenvalue weighted by Gasteiger charge is 2.42. The molecule has 3 atom stereocenters. The Bertz CT molecular complexity index is 299. The minimum absolute atomic E-state index is 0.382. The van der Waals surface area contributed by atoms with Gasteiger partial charge in [0.1, 0.15) is 0 Å². The molecule has 3 nitrogen and oxygen atoms in total. The van der Waals surface area contributed by atoms with E-state index < -0.39 is 0 Å². The quantitative estimate of drug-likeness (QED) is 0.812. The lowest BCUT2D eigenvalue weighted by molar-refractivity contribution is 0.00343. The van der Waals surface area contributed by atoms with Gasteiger partial charge in [-0.15, -0.1) is 0 Å². The van der Waals surface area contributed by atoms with Crippen molar-refractivity contribution in [2.75, 3.05) is 27.7 Å². The summed E-state index contributed by atoms with van der Waals surface area (Å²) in [5.41, 5.74) is 6.86. The monoisotopic (exact) mass is 281 g/mol. The first-order chi connectivity index (χ1) is 9.48. The second kappa shape index (κ2) is 6.76. The fourth-order valence-electron chi connectivity index (χ4n) is 4.35. The molecule has 20 heavy (non-hydrogen) atoms. The molecule has 2 fully saturated rings. The Morgan fingerprint density at radius 1 is 1.15 bits per heavy atom. The van der Waals surface area contributed by atoms with E-state index in [9.17, 15) is 0 Å². The fourth-order valence-corrected chi connectivity index (χ4v) is 4.35. The standard InChI is InChI=1S/C17H35N3/c1-5-7-14-8-9-15(18)16(12-14)20(4)13-17(19(2)3)10-6-11-17/h14-16H,5-13,18H2,1-4H3. The average Bonchev–Trinajstić information content (AvgIpc) is 2.35. The molecule has 0 aliphatic heterocycles. The van der Waals surface area contributed by atoms with Crippen molar-refractivity contribution in [1.29, 1.82) is 0 Å². The number of rotatable bonds is 6. The van der Waals surface area contributed by atoms with Crippen LogP contribution in [0.3, 0.4) is 0 Å². The van der Waals surface area contributed by atoms with Crippen molar-refractivity contribution in [1.82, 2.24) is 9.80 Å². The summed E-state index contributed by atoms with van der Waals surface area (Å²) < 4.78 is 0. The Kier molecular flexibility index (Phi) is 5.49. The van der Waals surface area contributed by atoms with Crippen LogP contribution < -0.4 is 5.73 Å². The third-order valence-corrected chi connectivity index (χ3v) is 6.02. The first kappa shape index (κ1) is 16.3. The van der Waals surface area contributed by atoms with Crippen molar-refractivity contribution < 1.29 is 0 Å². The van der Waals surface area contributed by atoms with Gasteiger partial charge in [0.15, 0.2) is 0 Å². The van der Waals surface area contributed by atoms with Gasteiger partial charge in [0, 0.05) is 24.2 Å². The van der Waals surface area contributed by atoms with E-state index in [1.165, 1.54) is 57.9 Å². The zero-order valence-corrected chi connectivity index (χ0v) is 14.1. The Morgan fingerprint density at radius 3 is 2.35 bits per heavy atom. The van der Waals surface area contributed by atoms with Crippen LogP contribution >= 0.6 is 0 Å². The van der Waals surface area contributed by atoms with Gasteiger partial charge < -0.3 is 15.5 Å². The number of nitrogens with two attached hydrogens (primary N) is 1. The third-order valence-electron chi connectivity index (χ3n) is 6.02. The molecule has 0 spiro atoms. The molecule has 0 aromatic carbocycles. The summed E-state index contributed by atoms with van der Waals surface area (Å²) in [6.45, 7) is 3.50. The SMILES string of the molecule is CCCC1CCC(N)C(N(C)CC2(N(C)C)CCC2)C1. The molecule has 0 aromatic rings. The first-order valence-corrected chi connectivity index (χ1v) is 8.62. The van der Waals surface area contributed by atoms with Crippen LogP contribution in [0.5, 0.6) is 0 Å². The van der Waals surface area contributed by atoms with Gasteiger partial charge in [-0.2, -0.15) is 0 Å². The van der Waals surface area contributed by atoms with Gasteiger partial charge in [0.25, 0.3) is 0 Å². The highest BCUT2D eigenvalue weighted by molar-refractivity contribution is 5.00. The Balaban J connectivity index is 1.94. The summed E-state index contributed by atoms with van der Waals surface area (Å²) in [4.78, 5) is 5.04. The van der Waals surface area contributed by atoms with Crippen LogP contribution in [0.2, 0.25) is 0 Å². The van der Waals surface area contributed by atoms with Gasteiger partial charge in [0.05, 0.1) is 0 Å². The molecule has 3 heteroatoms. The van der Waals surface area contributed by atoms with Crippen LogP contribution in [0.25, 0.3) is 0 Å². The predicted octanol–water partition coefficient (Wildman–Crippen LogP) is 2.70. The maximum atomic E-state index is 6.44. The minimum Gasteiger partial charge on any atom is -0.326 e. The van der Waals surface area contributed by atoms with Gasteiger partial charge >= 0.3 is 0 Å². The van der Waals surface area contributed by atoms with Crippen molar-refractivity contribution in [2.24, 2.45) is 11.7 Å². The van der Waals surface area contributed by atoms with Crippen LogP contribution in [0.4, 0.5) is 0 Å². The lowest BCUT2D eigenvalue weighted by Gasteiger charge is -2.51. The second-order valence-corrected chi connectivity index (χ2v) is 7.59. The van der Waals surface area contributed by atoms with Crippen LogP contribution in [0.1, 0.15) is 58.3 Å². The molecule has 2 saturated carbocycles. The summed E-state index contributed by atoms with van der Waals surface area (Å²) >= 11 is 0. The first-order valence-electron chi connectivity index (χ1n) is 8.62. The molecule has 0 aromatic heterocycles. The topological polar surface area (TPSA) is 32.5 Å². The molecule has 2 N–H and O–H groups in total. The molecule has 0 bridgehead atoms. The molecule has 2 aliphatic carbocycles. The molecule has 0 radical (unpaired) electrons. The maximum absolute atomic E-state index is 6.44. The van der Waals surface area contributed by atoms with Crippen LogP contribution in [0, 0.1) is 5.92 Å². The summed E-state index contributed by atoms with van der Waals surface area (Å²) in [6.07, 6.45) is 10.7. The summed E-state index contributed by atoms with van der Waals surface area (Å²) in [7, 11) is 6.80. The van der Waals surface area contributed by atoms with Crippen molar-refractivity contribution in [3.05, 3.63) is 0 Å². The molecular weight excluding hydrogens is 246 g/mol. The molecule has 118 valence electrons. The minimum atomic E-state index is 0.382. The predicted molar refractivity (Wildman–Crippen MR) is 86.9 cm³/mol. The molecule has 0 saturated heterocycles. The third kappa shape index (κ3) is 3.37. The van der Waals surface area contributed by atoms with E-state index in [-0.39, 0.29) is 0 Å². The summed E-state index contributed by atoms with van der Waals surface area (Å²) in [5, 5.41) is 0. The van der Waals surface area contributed by atoms with Crippen molar-refractivity contribution in [3.8, 4) is 0 Å². The van der Waals surface area contributed by atoms with Crippen molar-refractivity contribution in [2.45, 2.75) is 75.9 Å². The zero-order valence-electron chi connectivity index (χ0n) is 14.1. The number of hydrogen-bond acceptors (Lipinski definition) is 3. The number of nitrogens with zero attached hydrogens (tertiary/aromatic N) is 2. The summed E-state index contributed by atoms with van der Waals surface area (Å²) in [6, 6.07) is 0.977. The zero-order chi connectivity index (χ0) is 14.8. The van der Waals surface area contributed by atoms with Crippen molar-refractivity contribution in [3.63, 3.8) is 0 Å². The lowest BCUT2D eigenvalue weighted by Crippen LogP contribution is -2.60. The normalized spacial score (nSPS) is 33.5. The average molecular weight is 281 g/mol. The highest BCUT2D eigenvalue weighted by Crippen LogP contribution is 2.38. The number of likely N-dealkylation sites (N-methyl/N-ethyl adjacent to an activating group) is 2. The van der Waals surface area contributed by atoms with Gasteiger partial charge in [-0.1, -0.05) is 19.8 Å². The smallest absolute Gasteiger partial charge is 0.0330 e. The second-order valence-electron chi connectivity index (χ2n) is 7.59. The molecule has 0 heterocycles. The van der Waals surface area contributed by atoms with Gasteiger partial charge in [0.2, 0.25) is 0 Å². The lowest BCUT2D eigenvalue weighted by atomic mass is 9.74. The van der Waals surface area contributed by atoms with E-state index >= 15 is 0 Å². The van der Waals surface area contributed by atoms with E-state index in [0.717, 1.165) is 5.92 Å². The Morgan fingerprint density at radius 2 is 1.85 bits per heavy atom. The molecule has 0 amide bonds. The van der Waals surface area contributed by atoms with Gasteiger partial charge in [-0.25, -0.2) is 0 Å². The van der Waals surface area contributed by atoms with Crippen LogP contribution in [0.15, 0.2) is 0 Å². The van der Waals surface area contributed by atoms with Crippen LogP contribution in [-0.4, -0.2) is 55.1 Å².